The summed E-state index contributed by atoms with van der Waals surface area (Å²) >= 11 is 0. The Morgan fingerprint density at radius 3 is 2.65 bits per heavy atom. The first-order valence-corrected chi connectivity index (χ1v) is 8.89. The van der Waals surface area contributed by atoms with E-state index in [1.807, 2.05) is 10.9 Å². The van der Waals surface area contributed by atoms with Gasteiger partial charge < -0.3 is 4.90 Å². The number of nitrogens with zero attached hydrogens (tertiary/aromatic N) is 4. The van der Waals surface area contributed by atoms with Gasteiger partial charge in [0, 0.05) is 24.5 Å². The molecule has 4 heteroatoms. The first-order valence-electron chi connectivity index (χ1n) is 8.89. The fraction of sp³-hybridized carbons (Fsp3) is 0.579. The molecule has 3 heterocycles. The lowest BCUT2D eigenvalue weighted by Crippen LogP contribution is -2.38. The topological polar surface area (TPSA) is 34.0 Å². The van der Waals surface area contributed by atoms with Crippen molar-refractivity contribution in [3.63, 3.8) is 0 Å². The van der Waals surface area contributed by atoms with Gasteiger partial charge in [0.25, 0.3) is 0 Å². The maximum atomic E-state index is 4.90. The van der Waals surface area contributed by atoms with Crippen molar-refractivity contribution < 1.29 is 0 Å². The quantitative estimate of drug-likeness (QED) is 0.845. The van der Waals surface area contributed by atoms with Crippen LogP contribution in [-0.2, 0) is 13.0 Å². The highest BCUT2D eigenvalue weighted by molar-refractivity contribution is 5.54. The molecule has 124 valence electrons. The van der Waals surface area contributed by atoms with Crippen molar-refractivity contribution in [1.29, 1.82) is 0 Å². The second-order valence-electron chi connectivity index (χ2n) is 6.82. The lowest BCUT2D eigenvalue weighted by Gasteiger charge is -2.34. The number of hydrogen-bond donors (Lipinski definition) is 0. The summed E-state index contributed by atoms with van der Waals surface area (Å²) in [5, 5.41) is 4.35. The average Bonchev–Trinajstić information content (AvgIpc) is 3.04. The maximum absolute atomic E-state index is 4.90. The van der Waals surface area contributed by atoms with E-state index in [9.17, 15) is 0 Å². The number of hydrogen-bond acceptors (Lipinski definition) is 3. The zero-order valence-corrected chi connectivity index (χ0v) is 14.6. The Balaban J connectivity index is 1.67. The number of aromatic nitrogens is 3. The van der Waals surface area contributed by atoms with E-state index >= 15 is 0 Å². The Morgan fingerprint density at radius 1 is 1.17 bits per heavy atom. The van der Waals surface area contributed by atoms with Gasteiger partial charge in [0.15, 0.2) is 0 Å². The summed E-state index contributed by atoms with van der Waals surface area (Å²) in [6, 6.07) is 9.12. The number of aryl methyl sites for hydroxylation is 1. The van der Waals surface area contributed by atoms with Crippen LogP contribution in [0.4, 0.5) is 0 Å². The molecule has 0 spiro atoms. The number of likely N-dealkylation sites (tertiary alicyclic amines) is 1. The van der Waals surface area contributed by atoms with Crippen LogP contribution in [0.2, 0.25) is 0 Å². The van der Waals surface area contributed by atoms with E-state index in [4.69, 9.17) is 4.98 Å². The van der Waals surface area contributed by atoms with Crippen LogP contribution < -0.4 is 0 Å². The molecular formula is C19H28N4. The Kier molecular flexibility index (Phi) is 5.11. The number of pyridine rings is 1. The largest absolute Gasteiger partial charge is 0.301 e. The Morgan fingerprint density at radius 2 is 1.96 bits per heavy atom. The Labute approximate surface area is 139 Å². The van der Waals surface area contributed by atoms with Crippen molar-refractivity contribution in [3.05, 3.63) is 36.2 Å². The lowest BCUT2D eigenvalue weighted by molar-refractivity contribution is 0.149. The van der Waals surface area contributed by atoms with E-state index in [1.165, 1.54) is 31.6 Å². The van der Waals surface area contributed by atoms with Gasteiger partial charge in [-0.15, -0.1) is 0 Å². The van der Waals surface area contributed by atoms with E-state index in [0.717, 1.165) is 30.3 Å². The molecule has 2 aromatic rings. The normalized spacial score (nSPS) is 17.0. The molecule has 0 unspecified atom stereocenters. The van der Waals surface area contributed by atoms with Crippen LogP contribution >= 0.6 is 0 Å². The predicted molar refractivity (Wildman–Crippen MR) is 94.3 cm³/mol. The zero-order chi connectivity index (χ0) is 16.2. The standard InChI is InChI=1S/C19H28N4/c1-4-23-19(8-11-20-23)18-7-5-6-17(21-18)14-16-9-12-22(13-10-16)15(2)3/h5-8,11,15-16H,4,9-10,12-14H2,1-3H3. The summed E-state index contributed by atoms with van der Waals surface area (Å²) in [7, 11) is 0. The smallest absolute Gasteiger partial charge is 0.0886 e. The third kappa shape index (κ3) is 3.81. The molecule has 0 radical (unpaired) electrons. The van der Waals surface area contributed by atoms with Crippen LogP contribution in [0, 0.1) is 5.92 Å². The Hall–Kier alpha value is -1.68. The monoisotopic (exact) mass is 312 g/mol. The summed E-state index contributed by atoms with van der Waals surface area (Å²) in [5.41, 5.74) is 3.37. The molecule has 4 nitrogen and oxygen atoms in total. The van der Waals surface area contributed by atoms with Crippen molar-refractivity contribution in [3.8, 4) is 11.4 Å². The van der Waals surface area contributed by atoms with Gasteiger partial charge in [-0.3, -0.25) is 9.67 Å². The molecule has 1 aliphatic heterocycles. The molecule has 0 N–H and O–H groups in total. The molecule has 0 atom stereocenters. The van der Waals surface area contributed by atoms with Crippen LogP contribution in [0.25, 0.3) is 11.4 Å². The van der Waals surface area contributed by atoms with Gasteiger partial charge in [-0.05, 0) is 77.2 Å². The Bertz CT molecular complexity index is 624. The minimum Gasteiger partial charge on any atom is -0.301 e. The fourth-order valence-corrected chi connectivity index (χ4v) is 3.51. The lowest BCUT2D eigenvalue weighted by atomic mass is 9.91. The van der Waals surface area contributed by atoms with Crippen LogP contribution in [-0.4, -0.2) is 38.8 Å². The minimum atomic E-state index is 0.673. The molecule has 1 fully saturated rings. The van der Waals surface area contributed by atoms with E-state index in [1.54, 1.807) is 0 Å². The van der Waals surface area contributed by atoms with E-state index in [2.05, 4.69) is 55.0 Å². The fourth-order valence-electron chi connectivity index (χ4n) is 3.51. The third-order valence-corrected chi connectivity index (χ3v) is 4.96. The summed E-state index contributed by atoms with van der Waals surface area (Å²) in [6.45, 7) is 10.0. The van der Waals surface area contributed by atoms with Gasteiger partial charge in [-0.25, -0.2) is 0 Å². The number of rotatable bonds is 5. The van der Waals surface area contributed by atoms with Gasteiger partial charge in [0.1, 0.15) is 0 Å². The molecular weight excluding hydrogens is 284 g/mol. The van der Waals surface area contributed by atoms with Crippen molar-refractivity contribution >= 4 is 0 Å². The molecule has 0 aliphatic carbocycles. The SMILES string of the molecule is CCn1nccc1-c1cccc(CC2CCN(C(C)C)CC2)n1. The third-order valence-electron chi connectivity index (χ3n) is 4.96. The van der Waals surface area contributed by atoms with Crippen molar-refractivity contribution in [2.24, 2.45) is 5.92 Å². The summed E-state index contributed by atoms with van der Waals surface area (Å²) in [5.74, 6) is 0.767. The zero-order valence-electron chi connectivity index (χ0n) is 14.6. The highest BCUT2D eigenvalue weighted by Crippen LogP contribution is 2.24. The van der Waals surface area contributed by atoms with Crippen LogP contribution in [0.3, 0.4) is 0 Å². The van der Waals surface area contributed by atoms with Gasteiger partial charge in [0.2, 0.25) is 0 Å². The van der Waals surface area contributed by atoms with Gasteiger partial charge >= 0.3 is 0 Å². The summed E-state index contributed by atoms with van der Waals surface area (Å²) in [4.78, 5) is 7.48. The van der Waals surface area contributed by atoms with E-state index in [0.29, 0.717) is 6.04 Å². The van der Waals surface area contributed by atoms with Crippen LogP contribution in [0.5, 0.6) is 0 Å². The molecule has 0 aromatic carbocycles. The minimum absolute atomic E-state index is 0.673. The predicted octanol–water partition coefficient (Wildman–Crippen LogP) is 3.63. The molecule has 23 heavy (non-hydrogen) atoms. The second kappa shape index (κ2) is 7.26. The van der Waals surface area contributed by atoms with Gasteiger partial charge in [-0.1, -0.05) is 6.07 Å². The van der Waals surface area contributed by atoms with E-state index in [-0.39, 0.29) is 0 Å². The highest BCUT2D eigenvalue weighted by Gasteiger charge is 2.21. The van der Waals surface area contributed by atoms with E-state index < -0.39 is 0 Å². The van der Waals surface area contributed by atoms with Gasteiger partial charge in [-0.2, -0.15) is 5.10 Å². The molecule has 2 aromatic heterocycles. The first kappa shape index (κ1) is 16.2. The average molecular weight is 312 g/mol. The van der Waals surface area contributed by atoms with Gasteiger partial charge in [0.05, 0.1) is 11.4 Å². The van der Waals surface area contributed by atoms with Crippen molar-refractivity contribution in [2.75, 3.05) is 13.1 Å². The molecule has 0 saturated carbocycles. The molecule has 3 rings (SSSR count). The van der Waals surface area contributed by atoms with Crippen molar-refractivity contribution in [1.82, 2.24) is 19.7 Å². The van der Waals surface area contributed by atoms with Crippen LogP contribution in [0.15, 0.2) is 30.5 Å². The molecule has 1 aliphatic rings. The maximum Gasteiger partial charge on any atom is 0.0886 e. The highest BCUT2D eigenvalue weighted by atomic mass is 15.3. The molecule has 0 bridgehead atoms. The molecule has 1 saturated heterocycles. The summed E-state index contributed by atoms with van der Waals surface area (Å²) in [6.07, 6.45) is 5.53. The van der Waals surface area contributed by atoms with Crippen LogP contribution in [0.1, 0.15) is 39.3 Å². The number of piperidine rings is 1. The molecule has 0 amide bonds. The second-order valence-corrected chi connectivity index (χ2v) is 6.82. The first-order chi connectivity index (χ1) is 11.2. The summed E-state index contributed by atoms with van der Waals surface area (Å²) < 4.78 is 2.01. The van der Waals surface area contributed by atoms with Crippen molar-refractivity contribution in [2.45, 2.75) is 52.6 Å².